The van der Waals surface area contributed by atoms with E-state index in [1.165, 1.54) is 6.20 Å². The molecule has 5 N–H and O–H groups in total. The molecule has 0 aliphatic rings. The van der Waals surface area contributed by atoms with Gasteiger partial charge in [0.2, 0.25) is 11.7 Å². The number of rotatable bonds is 12. The second-order valence-electron chi connectivity index (χ2n) is 10.5. The van der Waals surface area contributed by atoms with Crippen LogP contribution in [0.3, 0.4) is 0 Å². The van der Waals surface area contributed by atoms with Crippen molar-refractivity contribution < 1.29 is 51.4 Å². The summed E-state index contributed by atoms with van der Waals surface area (Å²) in [5, 5.41) is 21.8. The number of alkyl halides is 3. The summed E-state index contributed by atoms with van der Waals surface area (Å²) in [6.07, 6.45) is -2.09. The number of hydrogen-bond acceptors (Lipinski definition) is 9. The molecule has 0 spiro atoms. The zero-order valence-corrected chi connectivity index (χ0v) is 27.2. The van der Waals surface area contributed by atoms with Crippen molar-refractivity contribution in [3.8, 4) is 22.7 Å². The van der Waals surface area contributed by atoms with Crippen LogP contribution in [0.2, 0.25) is 0 Å². The van der Waals surface area contributed by atoms with Crippen molar-refractivity contribution >= 4 is 29.8 Å². The monoisotopic (exact) mass is 700 g/mol. The topological polar surface area (TPSA) is 206 Å². The number of carboxylic acids is 1. The summed E-state index contributed by atoms with van der Waals surface area (Å²) in [6.45, 7) is 5.78. The lowest BCUT2D eigenvalue weighted by Crippen LogP contribution is -2.44. The van der Waals surface area contributed by atoms with Crippen molar-refractivity contribution in [2.24, 2.45) is 0 Å². The number of carboxylic acid groups (broad SMARTS) is 1. The number of hydrogen-bond donors (Lipinski definition) is 5. The number of amides is 4. The Morgan fingerprint density at radius 1 is 0.920 bits per heavy atom. The number of aromatic nitrogens is 3. The van der Waals surface area contributed by atoms with E-state index in [0.717, 1.165) is 18.4 Å². The molecule has 0 fully saturated rings. The van der Waals surface area contributed by atoms with Crippen LogP contribution in [0.1, 0.15) is 60.2 Å². The molecule has 2 heterocycles. The quantitative estimate of drug-likeness (QED) is 0.126. The van der Waals surface area contributed by atoms with Gasteiger partial charge in [0.25, 0.3) is 11.8 Å². The average Bonchev–Trinajstić information content (AvgIpc) is 3.79. The Bertz CT molecular complexity index is 1770. The molecule has 1 atom stereocenters. The van der Waals surface area contributed by atoms with Gasteiger partial charge >= 0.3 is 24.1 Å². The van der Waals surface area contributed by atoms with Gasteiger partial charge in [-0.15, -0.1) is 0 Å². The van der Waals surface area contributed by atoms with Crippen molar-refractivity contribution in [3.63, 3.8) is 0 Å². The van der Waals surface area contributed by atoms with Crippen molar-refractivity contribution in [1.29, 1.82) is 0 Å². The third-order valence-electron chi connectivity index (χ3n) is 6.91. The molecule has 0 saturated heterocycles. The predicted octanol–water partition coefficient (Wildman–Crippen LogP) is 4.90. The summed E-state index contributed by atoms with van der Waals surface area (Å²) in [4.78, 5) is 63.3. The highest BCUT2D eigenvalue weighted by Gasteiger charge is 2.38. The first kappa shape index (κ1) is 38.4. The number of aliphatic carboxylic acids is 1. The zero-order valence-electron chi connectivity index (χ0n) is 27.2. The Morgan fingerprint density at radius 3 is 2.20 bits per heavy atom. The normalized spacial score (nSPS) is 11.5. The second kappa shape index (κ2) is 18.0. The van der Waals surface area contributed by atoms with Gasteiger partial charge in [0.15, 0.2) is 0 Å². The average molecular weight is 701 g/mol. The number of ether oxygens (including phenoxy) is 1. The van der Waals surface area contributed by atoms with Gasteiger partial charge < -0.3 is 24.9 Å². The number of aromatic amines is 1. The Labute approximate surface area is 283 Å². The first-order valence-corrected chi connectivity index (χ1v) is 15.3. The molecule has 17 heteroatoms. The molecule has 0 aliphatic heterocycles. The van der Waals surface area contributed by atoms with E-state index >= 15 is 0 Å². The van der Waals surface area contributed by atoms with Crippen molar-refractivity contribution in [1.82, 2.24) is 31.1 Å². The highest BCUT2D eigenvalue weighted by atomic mass is 19.4. The lowest BCUT2D eigenvalue weighted by atomic mass is 10.1. The van der Waals surface area contributed by atoms with Gasteiger partial charge in [0.05, 0.1) is 18.5 Å². The molecular formula is C33H35F3N6O8. The van der Waals surface area contributed by atoms with Crippen LogP contribution in [0.4, 0.5) is 18.0 Å². The summed E-state index contributed by atoms with van der Waals surface area (Å²) < 4.78 is 42.5. The molecule has 4 rings (SSSR count). The minimum Gasteiger partial charge on any atom is -0.475 e. The number of benzene rings is 2. The van der Waals surface area contributed by atoms with E-state index in [1.807, 2.05) is 44.2 Å². The Kier molecular flexibility index (Phi) is 13.8. The van der Waals surface area contributed by atoms with E-state index in [4.69, 9.17) is 19.1 Å². The fourth-order valence-corrected chi connectivity index (χ4v) is 4.31. The Hall–Kier alpha value is -6.00. The smallest absolute Gasteiger partial charge is 0.475 e. The number of oxazole rings is 1. The maximum absolute atomic E-state index is 13.0. The minimum absolute atomic E-state index is 0.0391. The van der Waals surface area contributed by atoms with Crippen molar-refractivity contribution in [2.45, 2.75) is 58.3 Å². The van der Waals surface area contributed by atoms with Gasteiger partial charge in [-0.05, 0) is 43.5 Å². The molecule has 2 aromatic heterocycles. The Morgan fingerprint density at radius 2 is 1.58 bits per heavy atom. The largest absolute Gasteiger partial charge is 0.490 e. The van der Waals surface area contributed by atoms with Crippen LogP contribution in [-0.4, -0.2) is 74.9 Å². The summed E-state index contributed by atoms with van der Waals surface area (Å²) in [7, 11) is 0. The van der Waals surface area contributed by atoms with Crippen LogP contribution in [0.15, 0.2) is 71.3 Å². The summed E-state index contributed by atoms with van der Waals surface area (Å²) >= 11 is 0. The SMILES string of the molecule is CCOC(=O)[C@H](Cc1ccccc1)NC(=O)c1cc(-c2cccc(-c3ncc(C(=O)NC(=O)NC(CC)CC)o3)c2)n[nH]1.O=C(O)C(F)(F)F. The van der Waals surface area contributed by atoms with E-state index in [1.54, 1.807) is 37.3 Å². The van der Waals surface area contributed by atoms with Crippen molar-refractivity contribution in [3.05, 3.63) is 83.9 Å². The highest BCUT2D eigenvalue weighted by Crippen LogP contribution is 2.26. The maximum atomic E-state index is 13.0. The number of H-pyrrole nitrogens is 1. The fourth-order valence-electron chi connectivity index (χ4n) is 4.31. The van der Waals surface area contributed by atoms with Gasteiger partial charge in [-0.25, -0.2) is 19.4 Å². The standard InChI is InChI=1S/C31H34N6O6.C2HF3O2/c1-4-22(5-2)33-31(41)35-28(39)26-18-32-29(43-26)21-14-10-13-20(16-21)23-17-24(37-36-23)27(38)34-25(30(40)42-6-3)15-19-11-8-7-9-12-19;3-2(4,5)1(6)7/h7-14,16-18,22,25H,4-6,15H2,1-3H3,(H,34,38)(H,36,37)(H2,33,35,39,41);(H,6,7)/t25-;/m0./s1. The number of urea groups is 1. The number of esters is 1. The van der Waals surface area contributed by atoms with E-state index in [9.17, 15) is 32.3 Å². The summed E-state index contributed by atoms with van der Waals surface area (Å²) in [6, 6.07) is 16.4. The van der Waals surface area contributed by atoms with Gasteiger partial charge in [-0.3, -0.25) is 20.0 Å². The first-order chi connectivity index (χ1) is 23.7. The number of nitrogens with zero attached hydrogens (tertiary/aromatic N) is 2. The number of carbonyl (C=O) groups excluding carboxylic acids is 4. The van der Waals surface area contributed by atoms with Crippen LogP contribution >= 0.6 is 0 Å². The second-order valence-corrected chi connectivity index (χ2v) is 10.5. The van der Waals surface area contributed by atoms with E-state index in [-0.39, 0.29) is 36.4 Å². The third kappa shape index (κ3) is 11.3. The molecule has 0 unspecified atom stereocenters. The van der Waals surface area contributed by atoms with Gasteiger partial charge in [0.1, 0.15) is 11.7 Å². The van der Waals surface area contributed by atoms with Crippen LogP contribution in [0.5, 0.6) is 0 Å². The van der Waals surface area contributed by atoms with E-state index < -0.39 is 42.0 Å². The molecule has 14 nitrogen and oxygen atoms in total. The summed E-state index contributed by atoms with van der Waals surface area (Å²) in [5.41, 5.74) is 2.69. The van der Waals surface area contributed by atoms with Gasteiger partial charge in [-0.2, -0.15) is 18.3 Å². The molecule has 0 radical (unpaired) electrons. The molecule has 4 aromatic rings. The number of carbonyl (C=O) groups is 5. The van der Waals surface area contributed by atoms with E-state index in [0.29, 0.717) is 16.8 Å². The molecule has 0 saturated carbocycles. The summed E-state index contributed by atoms with van der Waals surface area (Å²) in [5.74, 6) is -4.47. The Balaban J connectivity index is 0.000000872. The van der Waals surface area contributed by atoms with Gasteiger partial charge in [-0.1, -0.05) is 56.3 Å². The van der Waals surface area contributed by atoms with Crippen molar-refractivity contribution in [2.75, 3.05) is 6.61 Å². The molecule has 266 valence electrons. The lowest BCUT2D eigenvalue weighted by molar-refractivity contribution is -0.192. The fraction of sp³-hybridized carbons (Fsp3) is 0.303. The van der Waals surface area contributed by atoms with Crippen LogP contribution in [0.25, 0.3) is 22.7 Å². The molecule has 2 aromatic carbocycles. The van der Waals surface area contributed by atoms with Gasteiger partial charge in [0, 0.05) is 23.6 Å². The maximum Gasteiger partial charge on any atom is 0.490 e. The predicted molar refractivity (Wildman–Crippen MR) is 172 cm³/mol. The molecule has 4 amide bonds. The zero-order chi connectivity index (χ0) is 36.8. The first-order valence-electron chi connectivity index (χ1n) is 15.3. The van der Waals surface area contributed by atoms with E-state index in [2.05, 4.69) is 31.1 Å². The number of imide groups is 1. The third-order valence-corrected chi connectivity index (χ3v) is 6.91. The molecule has 50 heavy (non-hydrogen) atoms. The number of halogens is 3. The highest BCUT2D eigenvalue weighted by molar-refractivity contribution is 6.02. The lowest BCUT2D eigenvalue weighted by Gasteiger charge is -2.17. The van der Waals surface area contributed by atoms with Crippen LogP contribution in [-0.2, 0) is 20.7 Å². The van der Waals surface area contributed by atoms with Crippen LogP contribution in [0, 0.1) is 0 Å². The molecular weight excluding hydrogens is 665 g/mol. The van der Waals surface area contributed by atoms with Crippen LogP contribution < -0.4 is 16.0 Å². The minimum atomic E-state index is -5.08. The molecule has 0 bridgehead atoms. The molecule has 0 aliphatic carbocycles. The number of nitrogens with one attached hydrogen (secondary N) is 4.